The van der Waals surface area contributed by atoms with Crippen molar-refractivity contribution in [1.29, 1.82) is 0 Å². The third-order valence-corrected chi connectivity index (χ3v) is 1.70. The number of aryl methyl sites for hydroxylation is 1. The van der Waals surface area contributed by atoms with Crippen molar-refractivity contribution in [2.24, 2.45) is 0 Å². The summed E-state index contributed by atoms with van der Waals surface area (Å²) in [6.07, 6.45) is 3.69. The molecule has 0 aromatic carbocycles. The molecule has 0 saturated heterocycles. The van der Waals surface area contributed by atoms with E-state index in [-0.39, 0.29) is 0 Å². The van der Waals surface area contributed by atoms with Crippen LogP contribution >= 0.6 is 0 Å². The van der Waals surface area contributed by atoms with E-state index < -0.39 is 0 Å². The lowest BCUT2D eigenvalue weighted by Gasteiger charge is -2.02. The molecule has 0 bridgehead atoms. The van der Waals surface area contributed by atoms with Crippen molar-refractivity contribution in [1.82, 2.24) is 9.97 Å². The van der Waals surface area contributed by atoms with Crippen LogP contribution < -0.4 is 5.73 Å². The molecule has 0 amide bonds. The number of nitrogen functional groups attached to an aromatic ring is 1. The molecule has 82 valence electrons. The molecule has 0 aliphatic carbocycles. The van der Waals surface area contributed by atoms with Gasteiger partial charge in [0, 0.05) is 5.69 Å². The van der Waals surface area contributed by atoms with Gasteiger partial charge in [-0.3, -0.25) is 0 Å². The first-order valence-electron chi connectivity index (χ1n) is 5.07. The van der Waals surface area contributed by atoms with Gasteiger partial charge in [0.15, 0.2) is 0 Å². The summed E-state index contributed by atoms with van der Waals surface area (Å²) in [5.41, 5.74) is 8.18. The second-order valence-corrected chi connectivity index (χ2v) is 2.70. The van der Waals surface area contributed by atoms with E-state index in [1.165, 1.54) is 0 Å². The summed E-state index contributed by atoms with van der Waals surface area (Å²) < 4.78 is 0. The Morgan fingerprint density at radius 1 is 1.40 bits per heavy atom. The van der Waals surface area contributed by atoms with Gasteiger partial charge in [0.1, 0.15) is 0 Å². The van der Waals surface area contributed by atoms with E-state index >= 15 is 0 Å². The maximum atomic E-state index is 5.52. The summed E-state index contributed by atoms with van der Waals surface area (Å²) in [5, 5.41) is 0. The molecule has 0 unspecified atom stereocenters. The fourth-order valence-electron chi connectivity index (χ4n) is 1.11. The Bertz CT molecular complexity index is 334. The van der Waals surface area contributed by atoms with Gasteiger partial charge >= 0.3 is 0 Å². The first-order chi connectivity index (χ1) is 7.17. The van der Waals surface area contributed by atoms with Crippen LogP contribution in [0.2, 0.25) is 0 Å². The summed E-state index contributed by atoms with van der Waals surface area (Å²) in [6, 6.07) is 1.88. The molecule has 0 atom stereocenters. The molecule has 1 rings (SSSR count). The molecule has 0 radical (unpaired) electrons. The molecule has 1 aromatic rings. The van der Waals surface area contributed by atoms with E-state index in [2.05, 4.69) is 16.5 Å². The van der Waals surface area contributed by atoms with Crippen LogP contribution in [0.15, 0.2) is 24.8 Å². The maximum absolute atomic E-state index is 5.52. The number of rotatable bonds is 2. The fraction of sp³-hybridized carbons (Fsp3) is 0.333. The third-order valence-electron chi connectivity index (χ3n) is 1.70. The predicted molar refractivity (Wildman–Crippen MR) is 66.4 cm³/mol. The Labute approximate surface area is 91.8 Å². The SMILES string of the molecule is C=C/C(=C\C)c1cc(C)nc(N)n1.CC. The van der Waals surface area contributed by atoms with Crippen molar-refractivity contribution >= 4 is 11.5 Å². The van der Waals surface area contributed by atoms with Crippen molar-refractivity contribution in [2.75, 3.05) is 5.73 Å². The van der Waals surface area contributed by atoms with Crippen LogP contribution in [0.1, 0.15) is 32.2 Å². The predicted octanol–water partition coefficient (Wildman–Crippen LogP) is 2.98. The van der Waals surface area contributed by atoms with Crippen molar-refractivity contribution in [3.63, 3.8) is 0 Å². The fourth-order valence-corrected chi connectivity index (χ4v) is 1.11. The molecule has 0 spiro atoms. The average Bonchev–Trinajstić information content (AvgIpc) is 2.21. The first-order valence-corrected chi connectivity index (χ1v) is 5.07. The first kappa shape index (κ1) is 13.4. The standard InChI is InChI=1S/C10H13N3.C2H6/c1-4-8(5-2)9-6-7(3)12-10(11)13-9;1-2/h4-6H,1H2,2-3H3,(H2,11,12,13);1-2H3/b8-5+;. The van der Waals surface area contributed by atoms with Crippen LogP contribution in [-0.2, 0) is 0 Å². The van der Waals surface area contributed by atoms with Gasteiger partial charge in [-0.25, -0.2) is 9.97 Å². The maximum Gasteiger partial charge on any atom is 0.220 e. The van der Waals surface area contributed by atoms with Crippen LogP contribution in [0, 0.1) is 6.92 Å². The summed E-state index contributed by atoms with van der Waals surface area (Å²) >= 11 is 0. The van der Waals surface area contributed by atoms with E-state index in [1.807, 2.05) is 39.8 Å². The highest BCUT2D eigenvalue weighted by Crippen LogP contribution is 2.14. The summed E-state index contributed by atoms with van der Waals surface area (Å²) in [5.74, 6) is 0.302. The topological polar surface area (TPSA) is 51.8 Å². The van der Waals surface area contributed by atoms with Crippen LogP contribution in [0.3, 0.4) is 0 Å². The van der Waals surface area contributed by atoms with Crippen molar-refractivity contribution in [3.05, 3.63) is 36.2 Å². The molecule has 0 fully saturated rings. The Kier molecular flexibility index (Phi) is 6.02. The number of nitrogens with two attached hydrogens (primary N) is 1. The minimum absolute atomic E-state index is 0.302. The second kappa shape index (κ2) is 6.76. The van der Waals surface area contributed by atoms with Gasteiger partial charge in [0.2, 0.25) is 5.95 Å². The van der Waals surface area contributed by atoms with Gasteiger partial charge in [-0.1, -0.05) is 32.6 Å². The summed E-state index contributed by atoms with van der Waals surface area (Å²) in [4.78, 5) is 8.09. The van der Waals surface area contributed by atoms with Crippen LogP contribution in [0.5, 0.6) is 0 Å². The summed E-state index contributed by atoms with van der Waals surface area (Å²) in [6.45, 7) is 11.5. The molecule has 1 aromatic heterocycles. The van der Waals surface area contributed by atoms with Crippen LogP contribution in [-0.4, -0.2) is 9.97 Å². The highest BCUT2D eigenvalue weighted by Gasteiger charge is 2.01. The molecule has 15 heavy (non-hydrogen) atoms. The Morgan fingerprint density at radius 2 is 2.00 bits per heavy atom. The Hall–Kier alpha value is -1.64. The van der Waals surface area contributed by atoms with E-state index in [4.69, 9.17) is 5.73 Å². The highest BCUT2D eigenvalue weighted by molar-refractivity contribution is 5.71. The number of allylic oxidation sites excluding steroid dienone is 3. The number of aromatic nitrogens is 2. The highest BCUT2D eigenvalue weighted by atomic mass is 15.0. The third kappa shape index (κ3) is 3.94. The number of anilines is 1. The van der Waals surface area contributed by atoms with E-state index in [0.29, 0.717) is 5.95 Å². The number of hydrogen-bond acceptors (Lipinski definition) is 3. The van der Waals surface area contributed by atoms with Crippen molar-refractivity contribution in [2.45, 2.75) is 27.7 Å². The van der Waals surface area contributed by atoms with Gasteiger partial charge in [0.25, 0.3) is 0 Å². The van der Waals surface area contributed by atoms with Gasteiger partial charge in [-0.05, 0) is 25.5 Å². The number of nitrogens with zero attached hydrogens (tertiary/aromatic N) is 2. The molecule has 3 heteroatoms. The Balaban J connectivity index is 0.000000921. The molecule has 1 heterocycles. The van der Waals surface area contributed by atoms with Crippen molar-refractivity contribution in [3.8, 4) is 0 Å². The number of hydrogen-bond donors (Lipinski definition) is 1. The minimum atomic E-state index is 0.302. The Morgan fingerprint density at radius 3 is 2.40 bits per heavy atom. The van der Waals surface area contributed by atoms with Gasteiger partial charge in [-0.2, -0.15) is 0 Å². The zero-order valence-corrected chi connectivity index (χ0v) is 9.91. The molecular weight excluding hydrogens is 186 g/mol. The second-order valence-electron chi connectivity index (χ2n) is 2.70. The lowest BCUT2D eigenvalue weighted by atomic mass is 10.1. The minimum Gasteiger partial charge on any atom is -0.368 e. The quantitative estimate of drug-likeness (QED) is 0.755. The normalized spacial score (nSPS) is 10.3. The van der Waals surface area contributed by atoms with Crippen LogP contribution in [0.25, 0.3) is 5.57 Å². The zero-order valence-electron chi connectivity index (χ0n) is 9.91. The van der Waals surface area contributed by atoms with Crippen molar-refractivity contribution < 1.29 is 0 Å². The molecule has 0 aliphatic heterocycles. The molecular formula is C12H19N3. The smallest absolute Gasteiger partial charge is 0.220 e. The van der Waals surface area contributed by atoms with E-state index in [0.717, 1.165) is 17.0 Å². The van der Waals surface area contributed by atoms with E-state index in [9.17, 15) is 0 Å². The van der Waals surface area contributed by atoms with Crippen LogP contribution in [0.4, 0.5) is 5.95 Å². The monoisotopic (exact) mass is 205 g/mol. The molecule has 3 nitrogen and oxygen atoms in total. The van der Waals surface area contributed by atoms with Gasteiger partial charge in [0.05, 0.1) is 5.69 Å². The van der Waals surface area contributed by atoms with Gasteiger partial charge in [-0.15, -0.1) is 0 Å². The lowest BCUT2D eigenvalue weighted by molar-refractivity contribution is 1.10. The molecule has 2 N–H and O–H groups in total. The molecule has 0 aliphatic rings. The van der Waals surface area contributed by atoms with Gasteiger partial charge < -0.3 is 5.73 Å². The largest absolute Gasteiger partial charge is 0.368 e. The zero-order chi connectivity index (χ0) is 11.8. The summed E-state index contributed by atoms with van der Waals surface area (Å²) in [7, 11) is 0. The lowest BCUT2D eigenvalue weighted by Crippen LogP contribution is -1.99. The molecule has 0 saturated carbocycles. The average molecular weight is 205 g/mol. The van der Waals surface area contributed by atoms with E-state index in [1.54, 1.807) is 6.08 Å².